The smallest absolute Gasteiger partial charge is 0.281 e. The molecule has 7 heteroatoms. The zero-order valence-corrected chi connectivity index (χ0v) is 12.6. The van der Waals surface area contributed by atoms with E-state index in [9.17, 15) is 8.42 Å². The van der Waals surface area contributed by atoms with Crippen molar-refractivity contribution in [2.24, 2.45) is 5.73 Å². The molecular formula is C11H12BrN2O2S2+. The number of fused-ring (bicyclic) bond motifs is 1. The first-order valence-electron chi connectivity index (χ1n) is 5.50. The molecule has 0 aliphatic carbocycles. The van der Waals surface area contributed by atoms with Gasteiger partial charge in [-0.15, -0.1) is 0 Å². The van der Waals surface area contributed by atoms with Crippen molar-refractivity contribution in [3.63, 3.8) is 0 Å². The minimum atomic E-state index is -2.92. The number of nitrogens with zero attached hydrogens (tertiary/aromatic N) is 1. The highest BCUT2D eigenvalue weighted by atomic mass is 79.9. The Balaban J connectivity index is 2.04. The van der Waals surface area contributed by atoms with Crippen LogP contribution in [0.1, 0.15) is 0 Å². The minimum absolute atomic E-state index is 0.0331. The Kier molecular flexibility index (Phi) is 2.95. The maximum absolute atomic E-state index is 11.7. The van der Waals surface area contributed by atoms with Crippen LogP contribution < -0.4 is 5.73 Å². The molecule has 3 rings (SSSR count). The van der Waals surface area contributed by atoms with E-state index in [2.05, 4.69) is 15.9 Å². The summed E-state index contributed by atoms with van der Waals surface area (Å²) < 4.78 is 26.3. The molecule has 2 heterocycles. The van der Waals surface area contributed by atoms with Gasteiger partial charge in [-0.3, -0.25) is 5.73 Å². The summed E-state index contributed by atoms with van der Waals surface area (Å²) in [5, 5.41) is 0.756. The van der Waals surface area contributed by atoms with E-state index in [-0.39, 0.29) is 22.8 Å². The summed E-state index contributed by atoms with van der Waals surface area (Å²) in [5.74, 6) is 0.422. The SMILES string of the molecule is NC1=[N+](c2cccc(Br)c2)C2CS(=O)(=O)CC2S1. The first-order chi connectivity index (χ1) is 8.46. The van der Waals surface area contributed by atoms with Crippen LogP contribution in [0.5, 0.6) is 0 Å². The van der Waals surface area contributed by atoms with Crippen molar-refractivity contribution >= 4 is 48.4 Å². The quantitative estimate of drug-likeness (QED) is 0.778. The van der Waals surface area contributed by atoms with Gasteiger partial charge in [-0.1, -0.05) is 22.0 Å². The van der Waals surface area contributed by atoms with Crippen LogP contribution in [0.3, 0.4) is 0 Å². The third kappa shape index (κ3) is 2.08. The van der Waals surface area contributed by atoms with Crippen molar-refractivity contribution in [2.75, 3.05) is 11.5 Å². The Morgan fingerprint density at radius 2 is 2.17 bits per heavy atom. The van der Waals surface area contributed by atoms with E-state index < -0.39 is 9.84 Å². The van der Waals surface area contributed by atoms with E-state index in [0.717, 1.165) is 10.2 Å². The van der Waals surface area contributed by atoms with E-state index in [0.29, 0.717) is 5.17 Å². The number of hydrogen-bond donors (Lipinski definition) is 1. The third-order valence-electron chi connectivity index (χ3n) is 3.20. The fourth-order valence-corrected chi connectivity index (χ4v) is 6.67. The fourth-order valence-electron chi connectivity index (χ4n) is 2.47. The Bertz CT molecular complexity index is 642. The Hall–Kier alpha value is -0.530. The average molecular weight is 348 g/mol. The van der Waals surface area contributed by atoms with Gasteiger partial charge in [0.15, 0.2) is 9.84 Å². The number of hydrogen-bond acceptors (Lipinski definition) is 4. The van der Waals surface area contributed by atoms with Gasteiger partial charge in [0, 0.05) is 4.47 Å². The molecular weight excluding hydrogens is 336 g/mol. The number of halogens is 1. The Morgan fingerprint density at radius 1 is 1.39 bits per heavy atom. The van der Waals surface area contributed by atoms with Crippen LogP contribution in [0.2, 0.25) is 0 Å². The zero-order chi connectivity index (χ0) is 12.9. The molecule has 18 heavy (non-hydrogen) atoms. The lowest BCUT2D eigenvalue weighted by Crippen LogP contribution is -2.29. The summed E-state index contributed by atoms with van der Waals surface area (Å²) >= 11 is 4.90. The van der Waals surface area contributed by atoms with Crippen molar-refractivity contribution < 1.29 is 13.0 Å². The van der Waals surface area contributed by atoms with Gasteiger partial charge in [0.1, 0.15) is 11.7 Å². The van der Waals surface area contributed by atoms with Crippen molar-refractivity contribution in [3.8, 4) is 0 Å². The Labute approximate surface area is 118 Å². The molecule has 0 spiro atoms. The lowest BCUT2D eigenvalue weighted by atomic mass is 10.2. The number of amidine groups is 1. The highest BCUT2D eigenvalue weighted by Gasteiger charge is 2.49. The van der Waals surface area contributed by atoms with Gasteiger partial charge in [0.2, 0.25) is 0 Å². The summed E-state index contributed by atoms with van der Waals surface area (Å²) in [6, 6.07) is 7.74. The number of sulfone groups is 1. The second kappa shape index (κ2) is 4.25. The number of benzene rings is 1. The van der Waals surface area contributed by atoms with Crippen LogP contribution in [-0.2, 0) is 9.84 Å². The molecule has 0 amide bonds. The monoisotopic (exact) mass is 347 g/mol. The van der Waals surface area contributed by atoms with Crippen LogP contribution >= 0.6 is 27.7 Å². The van der Waals surface area contributed by atoms with Crippen LogP contribution in [0, 0.1) is 0 Å². The van der Waals surface area contributed by atoms with Crippen molar-refractivity contribution in [1.29, 1.82) is 0 Å². The van der Waals surface area contributed by atoms with E-state index in [4.69, 9.17) is 5.73 Å². The van der Waals surface area contributed by atoms with Gasteiger partial charge in [-0.05, 0) is 30.0 Å². The molecule has 4 nitrogen and oxygen atoms in total. The summed E-state index contributed by atoms with van der Waals surface area (Å²) in [4.78, 5) is 0. The normalized spacial score (nSPS) is 29.6. The van der Waals surface area contributed by atoms with Crippen LogP contribution in [-0.4, -0.2) is 41.0 Å². The second-order valence-corrected chi connectivity index (χ2v) is 8.82. The number of rotatable bonds is 1. The fraction of sp³-hybridized carbons (Fsp3) is 0.364. The molecule has 0 aromatic heterocycles. The standard InChI is InChI=1S/C11H11BrN2O2S2/c12-7-2-1-3-8(4-7)14-9-5-18(15,16)6-10(9)17-11(14)13/h1-4,9-10,13H,5-6H2/p+1. The molecule has 2 aliphatic rings. The molecule has 1 saturated heterocycles. The minimum Gasteiger partial charge on any atom is -0.281 e. The van der Waals surface area contributed by atoms with Crippen molar-refractivity contribution in [2.45, 2.75) is 11.3 Å². The van der Waals surface area contributed by atoms with Gasteiger partial charge in [-0.25, -0.2) is 13.0 Å². The lowest BCUT2D eigenvalue weighted by molar-refractivity contribution is -0.470. The number of nitrogens with two attached hydrogens (primary N) is 1. The van der Waals surface area contributed by atoms with Gasteiger partial charge >= 0.3 is 5.17 Å². The molecule has 0 bridgehead atoms. The zero-order valence-electron chi connectivity index (χ0n) is 9.41. The van der Waals surface area contributed by atoms with E-state index in [1.807, 2.05) is 28.8 Å². The molecule has 1 aromatic rings. The van der Waals surface area contributed by atoms with Gasteiger partial charge in [0.25, 0.3) is 0 Å². The van der Waals surface area contributed by atoms with Gasteiger partial charge < -0.3 is 0 Å². The molecule has 0 radical (unpaired) electrons. The first-order valence-corrected chi connectivity index (χ1v) is 9.00. The van der Waals surface area contributed by atoms with E-state index >= 15 is 0 Å². The molecule has 2 N–H and O–H groups in total. The molecule has 2 atom stereocenters. The van der Waals surface area contributed by atoms with Crippen LogP contribution in [0.15, 0.2) is 28.7 Å². The van der Waals surface area contributed by atoms with E-state index in [1.165, 1.54) is 11.8 Å². The van der Waals surface area contributed by atoms with Crippen molar-refractivity contribution in [1.82, 2.24) is 0 Å². The summed E-state index contributed by atoms with van der Waals surface area (Å²) in [6.07, 6.45) is 0. The van der Waals surface area contributed by atoms with Crippen LogP contribution in [0.4, 0.5) is 5.69 Å². The largest absolute Gasteiger partial charge is 0.310 e. The molecule has 96 valence electrons. The maximum Gasteiger partial charge on any atom is 0.310 e. The topological polar surface area (TPSA) is 63.2 Å². The predicted octanol–water partition coefficient (Wildman–Crippen LogP) is 1.32. The van der Waals surface area contributed by atoms with E-state index in [1.54, 1.807) is 0 Å². The summed E-state index contributed by atoms with van der Waals surface area (Å²) in [7, 11) is -2.92. The van der Waals surface area contributed by atoms with Crippen molar-refractivity contribution in [3.05, 3.63) is 28.7 Å². The highest BCUT2D eigenvalue weighted by molar-refractivity contribution is 9.10. The number of thioether (sulfide) groups is 1. The Morgan fingerprint density at radius 3 is 2.89 bits per heavy atom. The van der Waals surface area contributed by atoms with Crippen LogP contribution in [0.25, 0.3) is 0 Å². The first kappa shape index (κ1) is 12.5. The average Bonchev–Trinajstić information content (AvgIpc) is 2.68. The summed E-state index contributed by atoms with van der Waals surface area (Å²) in [6.45, 7) is 0. The third-order valence-corrected chi connectivity index (χ3v) is 6.84. The summed E-state index contributed by atoms with van der Waals surface area (Å²) in [5.41, 5.74) is 6.98. The molecule has 2 unspecified atom stereocenters. The molecule has 1 aromatic carbocycles. The highest BCUT2D eigenvalue weighted by Crippen LogP contribution is 2.36. The van der Waals surface area contributed by atoms with Gasteiger partial charge in [0.05, 0.1) is 16.8 Å². The molecule has 2 aliphatic heterocycles. The molecule has 1 fully saturated rings. The predicted molar refractivity (Wildman–Crippen MR) is 77.1 cm³/mol. The lowest BCUT2D eigenvalue weighted by Gasteiger charge is -2.10. The second-order valence-electron chi connectivity index (χ2n) is 4.49. The maximum atomic E-state index is 11.7. The van der Waals surface area contributed by atoms with Gasteiger partial charge in [-0.2, -0.15) is 0 Å². The molecule has 0 saturated carbocycles.